The maximum atomic E-state index is 12.8. The van der Waals surface area contributed by atoms with Crippen molar-refractivity contribution < 1.29 is 4.79 Å². The molecule has 0 radical (unpaired) electrons. The number of nitrogens with zero attached hydrogens (tertiary/aromatic N) is 2. The SMILES string of the molecule is Cc1ccccc1CN(C)C(=O)C(C)N1CCC(N)C(C)(C)C1. The number of hydrogen-bond donors (Lipinski definition) is 1. The molecule has 0 aromatic heterocycles. The monoisotopic (exact) mass is 317 g/mol. The summed E-state index contributed by atoms with van der Waals surface area (Å²) < 4.78 is 0. The van der Waals surface area contributed by atoms with Gasteiger partial charge in [-0.3, -0.25) is 9.69 Å². The molecule has 1 aliphatic rings. The van der Waals surface area contributed by atoms with Gasteiger partial charge in [-0.25, -0.2) is 0 Å². The molecular formula is C19H31N3O. The summed E-state index contributed by atoms with van der Waals surface area (Å²) in [4.78, 5) is 16.9. The van der Waals surface area contributed by atoms with E-state index < -0.39 is 0 Å². The molecule has 1 fully saturated rings. The zero-order chi connectivity index (χ0) is 17.2. The first-order chi connectivity index (χ1) is 10.7. The molecule has 0 spiro atoms. The number of nitrogens with two attached hydrogens (primary N) is 1. The van der Waals surface area contributed by atoms with E-state index >= 15 is 0 Å². The molecule has 4 nitrogen and oxygen atoms in total. The van der Waals surface area contributed by atoms with Gasteiger partial charge >= 0.3 is 0 Å². The molecule has 1 saturated heterocycles. The summed E-state index contributed by atoms with van der Waals surface area (Å²) in [5.74, 6) is 0.180. The third-order valence-electron chi connectivity index (χ3n) is 5.29. The Labute approximate surface area is 140 Å². The van der Waals surface area contributed by atoms with Gasteiger partial charge in [0.05, 0.1) is 6.04 Å². The number of carbonyl (C=O) groups excluding carboxylic acids is 1. The zero-order valence-corrected chi connectivity index (χ0v) is 15.2. The maximum absolute atomic E-state index is 12.8. The van der Waals surface area contributed by atoms with Crippen LogP contribution in [0, 0.1) is 12.3 Å². The van der Waals surface area contributed by atoms with Gasteiger partial charge in [0.25, 0.3) is 0 Å². The van der Waals surface area contributed by atoms with Crippen molar-refractivity contribution >= 4 is 5.91 Å². The van der Waals surface area contributed by atoms with E-state index in [9.17, 15) is 4.79 Å². The van der Waals surface area contributed by atoms with Crippen molar-refractivity contribution in [2.75, 3.05) is 20.1 Å². The maximum Gasteiger partial charge on any atom is 0.239 e. The molecule has 2 rings (SSSR count). The molecule has 2 unspecified atom stereocenters. The van der Waals surface area contributed by atoms with Crippen molar-refractivity contribution in [2.24, 2.45) is 11.1 Å². The Morgan fingerprint density at radius 2 is 2.09 bits per heavy atom. The van der Waals surface area contributed by atoms with Gasteiger partial charge in [-0.05, 0) is 36.8 Å². The lowest BCUT2D eigenvalue weighted by Crippen LogP contribution is -2.57. The highest BCUT2D eigenvalue weighted by Gasteiger charge is 2.37. The average Bonchev–Trinajstić information content (AvgIpc) is 2.50. The van der Waals surface area contributed by atoms with Crippen LogP contribution in [0.4, 0.5) is 0 Å². The number of likely N-dealkylation sites (N-methyl/N-ethyl adjacent to an activating group) is 1. The Bertz CT molecular complexity index is 555. The molecule has 1 aromatic carbocycles. The topological polar surface area (TPSA) is 49.6 Å². The molecule has 4 heteroatoms. The van der Waals surface area contributed by atoms with E-state index in [-0.39, 0.29) is 23.4 Å². The Morgan fingerprint density at radius 3 is 2.70 bits per heavy atom. The standard InChI is InChI=1S/C19H31N3O/c1-14-8-6-7-9-16(14)12-21(5)18(23)15(2)22-11-10-17(20)19(3,4)13-22/h6-9,15,17H,10-13,20H2,1-5H3. The van der Waals surface area contributed by atoms with Crippen molar-refractivity contribution in [3.63, 3.8) is 0 Å². The van der Waals surface area contributed by atoms with Crippen LogP contribution in [-0.2, 0) is 11.3 Å². The van der Waals surface area contributed by atoms with E-state index in [1.807, 2.05) is 31.0 Å². The van der Waals surface area contributed by atoms with Crippen molar-refractivity contribution in [3.8, 4) is 0 Å². The molecule has 0 bridgehead atoms. The molecule has 0 saturated carbocycles. The van der Waals surface area contributed by atoms with Gasteiger partial charge in [-0.1, -0.05) is 38.1 Å². The van der Waals surface area contributed by atoms with Crippen LogP contribution in [0.15, 0.2) is 24.3 Å². The molecule has 0 aliphatic carbocycles. The highest BCUT2D eigenvalue weighted by Crippen LogP contribution is 2.29. The normalized spacial score (nSPS) is 22.6. The molecule has 2 atom stereocenters. The minimum absolute atomic E-state index is 0.0569. The van der Waals surface area contributed by atoms with Gasteiger partial charge in [0.1, 0.15) is 0 Å². The molecule has 1 amide bonds. The van der Waals surface area contributed by atoms with E-state index in [2.05, 4.69) is 37.8 Å². The van der Waals surface area contributed by atoms with Gasteiger partial charge in [0.2, 0.25) is 5.91 Å². The first-order valence-corrected chi connectivity index (χ1v) is 8.51. The second kappa shape index (κ2) is 7.02. The Balaban J connectivity index is 2.00. The number of hydrogen-bond acceptors (Lipinski definition) is 3. The first kappa shape index (κ1) is 18.0. The van der Waals surface area contributed by atoms with Crippen molar-refractivity contribution in [2.45, 2.75) is 52.7 Å². The smallest absolute Gasteiger partial charge is 0.239 e. The number of piperidine rings is 1. The van der Waals surface area contributed by atoms with Crippen LogP contribution in [0.25, 0.3) is 0 Å². The quantitative estimate of drug-likeness (QED) is 0.928. The summed E-state index contributed by atoms with van der Waals surface area (Å²) >= 11 is 0. The molecule has 1 heterocycles. The van der Waals surface area contributed by atoms with Gasteiger partial charge in [-0.2, -0.15) is 0 Å². The van der Waals surface area contributed by atoms with Gasteiger partial charge in [0.15, 0.2) is 0 Å². The largest absolute Gasteiger partial charge is 0.340 e. The van der Waals surface area contributed by atoms with Crippen LogP contribution >= 0.6 is 0 Å². The fourth-order valence-electron chi connectivity index (χ4n) is 3.34. The summed E-state index contributed by atoms with van der Waals surface area (Å²) in [6.07, 6.45) is 0.951. The van der Waals surface area contributed by atoms with Crippen molar-refractivity contribution in [3.05, 3.63) is 35.4 Å². The predicted molar refractivity (Wildman–Crippen MR) is 95.1 cm³/mol. The van der Waals surface area contributed by atoms with Crippen molar-refractivity contribution in [1.29, 1.82) is 0 Å². The van der Waals surface area contributed by atoms with Crippen LogP contribution in [0.2, 0.25) is 0 Å². The molecular weight excluding hydrogens is 286 g/mol. The average molecular weight is 317 g/mol. The lowest BCUT2D eigenvalue weighted by molar-refractivity contribution is -0.137. The van der Waals surface area contributed by atoms with Gasteiger partial charge in [-0.15, -0.1) is 0 Å². The predicted octanol–water partition coefficient (Wildman–Crippen LogP) is 2.40. The molecule has 1 aromatic rings. The Morgan fingerprint density at radius 1 is 1.43 bits per heavy atom. The van der Waals surface area contributed by atoms with E-state index in [4.69, 9.17) is 5.73 Å². The summed E-state index contributed by atoms with van der Waals surface area (Å²) in [6.45, 7) is 10.9. The summed E-state index contributed by atoms with van der Waals surface area (Å²) in [7, 11) is 1.89. The molecule has 128 valence electrons. The van der Waals surface area contributed by atoms with Gasteiger partial charge < -0.3 is 10.6 Å². The van der Waals surface area contributed by atoms with Crippen LogP contribution in [0.5, 0.6) is 0 Å². The summed E-state index contributed by atoms with van der Waals surface area (Å²) in [5, 5.41) is 0. The van der Waals surface area contributed by atoms with E-state index in [0.717, 1.165) is 19.5 Å². The second-order valence-electron chi connectivity index (χ2n) is 7.65. The number of rotatable bonds is 4. The third kappa shape index (κ3) is 4.12. The number of likely N-dealkylation sites (tertiary alicyclic amines) is 1. The number of amides is 1. The van der Waals surface area contributed by atoms with Crippen LogP contribution < -0.4 is 5.73 Å². The fraction of sp³-hybridized carbons (Fsp3) is 0.632. The van der Waals surface area contributed by atoms with E-state index in [1.54, 1.807) is 0 Å². The molecule has 23 heavy (non-hydrogen) atoms. The van der Waals surface area contributed by atoms with Crippen molar-refractivity contribution in [1.82, 2.24) is 9.80 Å². The minimum Gasteiger partial charge on any atom is -0.340 e. The summed E-state index contributed by atoms with van der Waals surface area (Å²) in [5.41, 5.74) is 8.70. The minimum atomic E-state index is -0.101. The molecule has 2 N–H and O–H groups in total. The fourth-order valence-corrected chi connectivity index (χ4v) is 3.34. The van der Waals surface area contributed by atoms with Crippen LogP contribution in [0.1, 0.15) is 38.3 Å². The highest BCUT2D eigenvalue weighted by molar-refractivity contribution is 5.81. The van der Waals surface area contributed by atoms with Crippen LogP contribution in [-0.4, -0.2) is 47.9 Å². The lowest BCUT2D eigenvalue weighted by atomic mass is 9.79. The first-order valence-electron chi connectivity index (χ1n) is 8.51. The lowest BCUT2D eigenvalue weighted by Gasteiger charge is -2.45. The number of aryl methyl sites for hydroxylation is 1. The second-order valence-corrected chi connectivity index (χ2v) is 7.65. The van der Waals surface area contributed by atoms with Crippen LogP contribution in [0.3, 0.4) is 0 Å². The Hall–Kier alpha value is -1.39. The van der Waals surface area contributed by atoms with E-state index in [0.29, 0.717) is 6.54 Å². The highest BCUT2D eigenvalue weighted by atomic mass is 16.2. The zero-order valence-electron chi connectivity index (χ0n) is 15.2. The number of carbonyl (C=O) groups is 1. The number of benzene rings is 1. The van der Waals surface area contributed by atoms with Gasteiger partial charge in [0, 0.05) is 32.7 Å². The summed E-state index contributed by atoms with van der Waals surface area (Å²) in [6, 6.07) is 8.35. The third-order valence-corrected chi connectivity index (χ3v) is 5.29. The Kier molecular flexibility index (Phi) is 5.48. The van der Waals surface area contributed by atoms with E-state index in [1.165, 1.54) is 11.1 Å². The molecule has 1 aliphatic heterocycles.